The lowest BCUT2D eigenvalue weighted by Gasteiger charge is -2.30. The third-order valence-electron chi connectivity index (χ3n) is 2.23. The summed E-state index contributed by atoms with van der Waals surface area (Å²) in [4.78, 5) is 2.12. The third kappa shape index (κ3) is 1.58. The predicted molar refractivity (Wildman–Crippen MR) is 54.3 cm³/mol. The van der Waals surface area contributed by atoms with Crippen molar-refractivity contribution in [3.05, 3.63) is 36.7 Å². The van der Waals surface area contributed by atoms with Crippen molar-refractivity contribution in [2.45, 2.75) is 0 Å². The van der Waals surface area contributed by atoms with Gasteiger partial charge in [0.15, 0.2) is 0 Å². The van der Waals surface area contributed by atoms with E-state index >= 15 is 0 Å². The zero-order valence-electron chi connectivity index (χ0n) is 7.87. The average Bonchev–Trinajstić information content (AvgIpc) is 2.18. The molecule has 74 valence electrons. The number of halogens is 1. The van der Waals surface area contributed by atoms with Gasteiger partial charge in [0.2, 0.25) is 0 Å². The van der Waals surface area contributed by atoms with Gasteiger partial charge in [-0.2, -0.15) is 0 Å². The second-order valence-electron chi connectivity index (χ2n) is 3.20. The molecule has 0 radical (unpaired) electrons. The summed E-state index contributed by atoms with van der Waals surface area (Å²) < 4.78 is 18.3. The quantitative estimate of drug-likeness (QED) is 0.668. The maximum atomic E-state index is 12.9. The SMILES string of the molecule is C=CCN1CCOc2cc(F)ccc21. The van der Waals surface area contributed by atoms with Crippen molar-refractivity contribution in [3.8, 4) is 5.75 Å². The Morgan fingerprint density at radius 1 is 1.57 bits per heavy atom. The van der Waals surface area contributed by atoms with Crippen molar-refractivity contribution < 1.29 is 9.13 Å². The molecule has 1 aliphatic rings. The highest BCUT2D eigenvalue weighted by Gasteiger charge is 2.16. The molecule has 0 atom stereocenters. The van der Waals surface area contributed by atoms with Gasteiger partial charge in [0, 0.05) is 12.6 Å². The highest BCUT2D eigenvalue weighted by Crippen LogP contribution is 2.31. The molecule has 0 amide bonds. The van der Waals surface area contributed by atoms with Crippen LogP contribution >= 0.6 is 0 Å². The van der Waals surface area contributed by atoms with Crippen LogP contribution in [0.15, 0.2) is 30.9 Å². The Kier molecular flexibility index (Phi) is 2.39. The summed E-state index contributed by atoms with van der Waals surface area (Å²) in [6.07, 6.45) is 1.83. The van der Waals surface area contributed by atoms with E-state index in [1.807, 2.05) is 6.08 Å². The van der Waals surface area contributed by atoms with E-state index in [9.17, 15) is 4.39 Å². The molecule has 0 aromatic heterocycles. The van der Waals surface area contributed by atoms with Gasteiger partial charge in [-0.25, -0.2) is 4.39 Å². The molecule has 1 aliphatic heterocycles. The molecule has 0 saturated heterocycles. The molecule has 2 rings (SSSR count). The van der Waals surface area contributed by atoms with Gasteiger partial charge in [0.1, 0.15) is 18.2 Å². The zero-order chi connectivity index (χ0) is 9.97. The van der Waals surface area contributed by atoms with Crippen LogP contribution in [0.1, 0.15) is 0 Å². The predicted octanol–water partition coefficient (Wildman–Crippen LogP) is 2.21. The lowest BCUT2D eigenvalue weighted by molar-refractivity contribution is 0.307. The molecule has 0 fully saturated rings. The van der Waals surface area contributed by atoms with E-state index < -0.39 is 0 Å². The summed E-state index contributed by atoms with van der Waals surface area (Å²) in [5, 5.41) is 0. The Balaban J connectivity index is 2.34. The summed E-state index contributed by atoms with van der Waals surface area (Å²) >= 11 is 0. The van der Waals surface area contributed by atoms with Gasteiger partial charge in [-0.15, -0.1) is 6.58 Å². The second kappa shape index (κ2) is 3.70. The van der Waals surface area contributed by atoms with Crippen molar-refractivity contribution in [1.29, 1.82) is 0 Å². The summed E-state index contributed by atoms with van der Waals surface area (Å²) in [7, 11) is 0. The van der Waals surface area contributed by atoms with Crippen LogP contribution < -0.4 is 9.64 Å². The monoisotopic (exact) mass is 193 g/mol. The molecule has 0 spiro atoms. The van der Waals surface area contributed by atoms with Crippen LogP contribution in [0.2, 0.25) is 0 Å². The normalized spacial score (nSPS) is 14.5. The minimum absolute atomic E-state index is 0.260. The Morgan fingerprint density at radius 3 is 3.21 bits per heavy atom. The van der Waals surface area contributed by atoms with E-state index in [1.165, 1.54) is 12.1 Å². The lowest BCUT2D eigenvalue weighted by Crippen LogP contribution is -2.32. The number of rotatable bonds is 2. The van der Waals surface area contributed by atoms with E-state index in [4.69, 9.17) is 4.74 Å². The molecule has 1 aromatic rings. The van der Waals surface area contributed by atoms with E-state index in [0.717, 1.165) is 18.8 Å². The molecule has 2 nitrogen and oxygen atoms in total. The molecule has 0 N–H and O–H groups in total. The van der Waals surface area contributed by atoms with Crippen LogP contribution in [0.5, 0.6) is 5.75 Å². The largest absolute Gasteiger partial charge is 0.489 e. The molecule has 3 heteroatoms. The molecule has 0 aliphatic carbocycles. The highest BCUT2D eigenvalue weighted by atomic mass is 19.1. The highest BCUT2D eigenvalue weighted by molar-refractivity contribution is 5.60. The summed E-state index contributed by atoms with van der Waals surface area (Å²) in [5.41, 5.74) is 0.942. The number of benzene rings is 1. The smallest absolute Gasteiger partial charge is 0.145 e. The van der Waals surface area contributed by atoms with E-state index in [2.05, 4.69) is 11.5 Å². The molecule has 0 saturated carbocycles. The van der Waals surface area contributed by atoms with Crippen molar-refractivity contribution in [1.82, 2.24) is 0 Å². The fraction of sp³-hybridized carbons (Fsp3) is 0.273. The van der Waals surface area contributed by atoms with Gasteiger partial charge in [0.25, 0.3) is 0 Å². The number of anilines is 1. The van der Waals surface area contributed by atoms with Gasteiger partial charge < -0.3 is 9.64 Å². The van der Waals surface area contributed by atoms with Crippen LogP contribution in [0.3, 0.4) is 0 Å². The molecule has 1 heterocycles. The summed E-state index contributed by atoms with van der Waals surface area (Å²) in [6.45, 7) is 5.88. The molecule has 0 unspecified atom stereocenters. The van der Waals surface area contributed by atoms with Crippen LogP contribution in [0, 0.1) is 5.82 Å². The number of nitrogens with zero attached hydrogens (tertiary/aromatic N) is 1. The van der Waals surface area contributed by atoms with Crippen LogP contribution in [-0.2, 0) is 0 Å². The first-order chi connectivity index (χ1) is 6.81. The minimum Gasteiger partial charge on any atom is -0.489 e. The molecule has 14 heavy (non-hydrogen) atoms. The number of hydrogen-bond acceptors (Lipinski definition) is 2. The Bertz CT molecular complexity index is 351. The Morgan fingerprint density at radius 2 is 2.43 bits per heavy atom. The molecule has 1 aromatic carbocycles. The first-order valence-electron chi connectivity index (χ1n) is 4.59. The lowest BCUT2D eigenvalue weighted by atomic mass is 10.2. The third-order valence-corrected chi connectivity index (χ3v) is 2.23. The minimum atomic E-state index is -0.260. The Labute approximate surface area is 82.6 Å². The van der Waals surface area contributed by atoms with E-state index in [1.54, 1.807) is 6.07 Å². The summed E-state index contributed by atoms with van der Waals surface area (Å²) in [5.74, 6) is 0.363. The maximum Gasteiger partial charge on any atom is 0.145 e. The molecular formula is C11H12FNO. The van der Waals surface area contributed by atoms with Crippen molar-refractivity contribution >= 4 is 5.69 Å². The van der Waals surface area contributed by atoms with E-state index in [0.29, 0.717) is 12.4 Å². The van der Waals surface area contributed by atoms with Crippen LogP contribution in [0.25, 0.3) is 0 Å². The van der Waals surface area contributed by atoms with Gasteiger partial charge in [0.05, 0.1) is 12.2 Å². The van der Waals surface area contributed by atoms with Crippen molar-refractivity contribution in [3.63, 3.8) is 0 Å². The first kappa shape index (κ1) is 9.06. The average molecular weight is 193 g/mol. The number of hydrogen-bond donors (Lipinski definition) is 0. The topological polar surface area (TPSA) is 12.5 Å². The number of fused-ring (bicyclic) bond motifs is 1. The second-order valence-corrected chi connectivity index (χ2v) is 3.20. The van der Waals surface area contributed by atoms with Gasteiger partial charge in [-0.3, -0.25) is 0 Å². The number of ether oxygens (including phenoxy) is 1. The van der Waals surface area contributed by atoms with Crippen molar-refractivity contribution in [2.75, 3.05) is 24.6 Å². The standard InChI is InChI=1S/C11H12FNO/c1-2-5-13-6-7-14-11-8-9(12)3-4-10(11)13/h2-4,8H,1,5-7H2. The van der Waals surface area contributed by atoms with Crippen LogP contribution in [0.4, 0.5) is 10.1 Å². The summed E-state index contributed by atoms with van der Waals surface area (Å²) in [6, 6.07) is 4.61. The molecule has 0 bridgehead atoms. The van der Waals surface area contributed by atoms with Gasteiger partial charge in [-0.05, 0) is 12.1 Å². The van der Waals surface area contributed by atoms with Crippen LogP contribution in [-0.4, -0.2) is 19.7 Å². The van der Waals surface area contributed by atoms with E-state index in [-0.39, 0.29) is 5.82 Å². The van der Waals surface area contributed by atoms with Crippen molar-refractivity contribution in [2.24, 2.45) is 0 Å². The fourth-order valence-corrected chi connectivity index (χ4v) is 1.60. The fourth-order valence-electron chi connectivity index (χ4n) is 1.60. The molecular weight excluding hydrogens is 181 g/mol. The first-order valence-corrected chi connectivity index (χ1v) is 4.59. The van der Waals surface area contributed by atoms with Gasteiger partial charge in [-0.1, -0.05) is 6.08 Å². The maximum absolute atomic E-state index is 12.9. The van der Waals surface area contributed by atoms with Gasteiger partial charge >= 0.3 is 0 Å². The Hall–Kier alpha value is -1.51. The zero-order valence-corrected chi connectivity index (χ0v) is 7.87.